The lowest BCUT2D eigenvalue weighted by Gasteiger charge is -2.29. The topological polar surface area (TPSA) is 72.3 Å². The molecule has 1 amide bonds. The van der Waals surface area contributed by atoms with Gasteiger partial charge in [-0.3, -0.25) is 4.79 Å². The smallest absolute Gasteiger partial charge is 0.237 e. The predicted molar refractivity (Wildman–Crippen MR) is 56.7 cm³/mol. The van der Waals surface area contributed by atoms with Crippen LogP contribution in [0.1, 0.15) is 32.6 Å². The second-order valence-corrected chi connectivity index (χ2v) is 4.43. The third kappa shape index (κ3) is 3.27. The van der Waals surface area contributed by atoms with E-state index in [1.165, 1.54) is 19.3 Å². The normalized spacial score (nSPS) is 23.0. The van der Waals surface area contributed by atoms with Gasteiger partial charge in [-0.25, -0.2) is 0 Å². The van der Waals surface area contributed by atoms with Gasteiger partial charge in [0.2, 0.25) is 5.91 Å². The summed E-state index contributed by atoms with van der Waals surface area (Å²) in [6, 6.07) is 0. The van der Waals surface area contributed by atoms with Crippen molar-refractivity contribution in [1.82, 2.24) is 4.90 Å². The van der Waals surface area contributed by atoms with Crippen LogP contribution in [0.5, 0.6) is 0 Å². The molecule has 1 saturated heterocycles. The van der Waals surface area contributed by atoms with Crippen LogP contribution in [0.15, 0.2) is 0 Å². The average molecular weight is 199 g/mol. The van der Waals surface area contributed by atoms with Crippen LogP contribution in [0.3, 0.4) is 0 Å². The van der Waals surface area contributed by atoms with Gasteiger partial charge in [-0.05, 0) is 39.3 Å². The van der Waals surface area contributed by atoms with Crippen LogP contribution in [0.4, 0.5) is 0 Å². The van der Waals surface area contributed by atoms with Crippen LogP contribution in [-0.4, -0.2) is 36.0 Å². The van der Waals surface area contributed by atoms with Gasteiger partial charge in [-0.15, -0.1) is 0 Å². The summed E-state index contributed by atoms with van der Waals surface area (Å²) >= 11 is 0. The number of hydrogen-bond acceptors (Lipinski definition) is 3. The molecule has 0 saturated carbocycles. The monoisotopic (exact) mass is 199 g/mol. The van der Waals surface area contributed by atoms with Crippen molar-refractivity contribution in [3.63, 3.8) is 0 Å². The van der Waals surface area contributed by atoms with Crippen LogP contribution in [0, 0.1) is 0 Å². The number of likely N-dealkylation sites (tertiary alicyclic amines) is 1. The first-order chi connectivity index (χ1) is 6.52. The highest BCUT2D eigenvalue weighted by Gasteiger charge is 2.26. The molecule has 14 heavy (non-hydrogen) atoms. The fourth-order valence-corrected chi connectivity index (χ4v) is 1.70. The summed E-state index contributed by atoms with van der Waals surface area (Å²) in [6.45, 7) is 4.86. The lowest BCUT2D eigenvalue weighted by atomic mass is 9.98. The number of carbonyl (C=O) groups excluding carboxylic acids is 1. The lowest BCUT2D eigenvalue weighted by Crippen LogP contribution is -2.51. The summed E-state index contributed by atoms with van der Waals surface area (Å²) in [6.07, 6.45) is 4.50. The molecule has 4 nitrogen and oxygen atoms in total. The van der Waals surface area contributed by atoms with Crippen molar-refractivity contribution < 1.29 is 4.79 Å². The van der Waals surface area contributed by atoms with Crippen LogP contribution in [0.25, 0.3) is 0 Å². The van der Waals surface area contributed by atoms with Crippen molar-refractivity contribution in [2.75, 3.05) is 19.6 Å². The number of rotatable bonds is 4. The van der Waals surface area contributed by atoms with E-state index in [0.29, 0.717) is 6.42 Å². The molecule has 1 aliphatic rings. The van der Waals surface area contributed by atoms with Crippen LogP contribution in [0.2, 0.25) is 0 Å². The molecule has 0 aromatic rings. The van der Waals surface area contributed by atoms with E-state index in [-0.39, 0.29) is 0 Å². The Bertz CT molecular complexity index is 198. The molecule has 0 aliphatic carbocycles. The zero-order valence-corrected chi connectivity index (χ0v) is 8.96. The first-order valence-electron chi connectivity index (χ1n) is 5.33. The summed E-state index contributed by atoms with van der Waals surface area (Å²) in [5, 5.41) is 0. The SMILES string of the molecule is CC(N)(CCN1CCCCC1)C(N)=O. The fourth-order valence-electron chi connectivity index (χ4n) is 1.70. The Morgan fingerprint density at radius 2 is 1.93 bits per heavy atom. The number of carbonyl (C=O) groups is 1. The summed E-state index contributed by atoms with van der Waals surface area (Å²) in [4.78, 5) is 13.3. The number of nitrogens with zero attached hydrogens (tertiary/aromatic N) is 1. The average Bonchev–Trinajstić information content (AvgIpc) is 2.16. The standard InChI is InChI=1S/C10H21N3O/c1-10(12,9(11)14)5-8-13-6-3-2-4-7-13/h2-8,12H2,1H3,(H2,11,14). The van der Waals surface area contributed by atoms with Gasteiger partial charge >= 0.3 is 0 Å². The molecule has 4 N–H and O–H groups in total. The van der Waals surface area contributed by atoms with E-state index >= 15 is 0 Å². The first-order valence-corrected chi connectivity index (χ1v) is 5.33. The maximum atomic E-state index is 11.0. The van der Waals surface area contributed by atoms with Gasteiger partial charge in [0.1, 0.15) is 0 Å². The Morgan fingerprint density at radius 1 is 1.36 bits per heavy atom. The molecule has 0 bridgehead atoms. The number of primary amides is 1. The molecule has 1 rings (SSSR count). The quantitative estimate of drug-likeness (QED) is 0.672. The number of hydrogen-bond donors (Lipinski definition) is 2. The zero-order valence-electron chi connectivity index (χ0n) is 8.96. The van der Waals surface area contributed by atoms with Gasteiger partial charge in [0.25, 0.3) is 0 Å². The van der Waals surface area contributed by atoms with Crippen LogP contribution in [-0.2, 0) is 4.79 Å². The van der Waals surface area contributed by atoms with Gasteiger partial charge in [0.05, 0.1) is 5.54 Å². The Balaban J connectivity index is 2.28. The number of nitrogens with two attached hydrogens (primary N) is 2. The molecule has 1 fully saturated rings. The molecule has 0 spiro atoms. The summed E-state index contributed by atoms with van der Waals surface area (Å²) < 4.78 is 0. The minimum absolute atomic E-state index is 0.408. The minimum atomic E-state index is -0.850. The molecule has 4 heteroatoms. The molecule has 1 aliphatic heterocycles. The van der Waals surface area contributed by atoms with Crippen molar-refractivity contribution in [2.45, 2.75) is 38.1 Å². The summed E-state index contributed by atoms with van der Waals surface area (Å²) in [5.41, 5.74) is 10.1. The highest BCUT2D eigenvalue weighted by molar-refractivity contribution is 5.83. The maximum absolute atomic E-state index is 11.0. The van der Waals surface area contributed by atoms with Gasteiger partial charge < -0.3 is 16.4 Å². The number of piperidine rings is 1. The molecular weight excluding hydrogens is 178 g/mol. The molecule has 1 unspecified atom stereocenters. The summed E-state index contributed by atoms with van der Waals surface area (Å²) in [7, 11) is 0. The number of amides is 1. The summed E-state index contributed by atoms with van der Waals surface area (Å²) in [5.74, 6) is -0.408. The van der Waals surface area contributed by atoms with Crippen molar-refractivity contribution in [3.8, 4) is 0 Å². The van der Waals surface area contributed by atoms with E-state index in [9.17, 15) is 4.79 Å². The second-order valence-electron chi connectivity index (χ2n) is 4.43. The Hall–Kier alpha value is -0.610. The third-order valence-electron chi connectivity index (χ3n) is 2.96. The molecule has 0 aromatic carbocycles. The molecular formula is C10H21N3O. The second kappa shape index (κ2) is 4.75. The molecule has 0 aromatic heterocycles. The molecule has 82 valence electrons. The minimum Gasteiger partial charge on any atom is -0.368 e. The van der Waals surface area contributed by atoms with E-state index < -0.39 is 11.4 Å². The maximum Gasteiger partial charge on any atom is 0.237 e. The van der Waals surface area contributed by atoms with E-state index in [2.05, 4.69) is 4.90 Å². The van der Waals surface area contributed by atoms with Gasteiger partial charge in [0.15, 0.2) is 0 Å². The lowest BCUT2D eigenvalue weighted by molar-refractivity contribution is -0.122. The Morgan fingerprint density at radius 3 is 2.43 bits per heavy atom. The van der Waals surface area contributed by atoms with Crippen molar-refractivity contribution >= 4 is 5.91 Å². The van der Waals surface area contributed by atoms with Crippen LogP contribution < -0.4 is 11.5 Å². The Kier molecular flexibility index (Phi) is 3.89. The zero-order chi connectivity index (χ0) is 10.6. The molecule has 0 radical (unpaired) electrons. The van der Waals surface area contributed by atoms with Crippen molar-refractivity contribution in [1.29, 1.82) is 0 Å². The molecule has 1 atom stereocenters. The van der Waals surface area contributed by atoms with E-state index in [4.69, 9.17) is 11.5 Å². The highest BCUT2D eigenvalue weighted by atomic mass is 16.1. The van der Waals surface area contributed by atoms with E-state index in [1.807, 2.05) is 0 Å². The Labute approximate surface area is 85.6 Å². The van der Waals surface area contributed by atoms with Crippen LogP contribution >= 0.6 is 0 Å². The van der Waals surface area contributed by atoms with Gasteiger partial charge in [0, 0.05) is 6.54 Å². The largest absolute Gasteiger partial charge is 0.368 e. The van der Waals surface area contributed by atoms with E-state index in [1.54, 1.807) is 6.92 Å². The first kappa shape index (κ1) is 11.5. The predicted octanol–water partition coefficient (Wildman–Crippen LogP) is 0.0651. The van der Waals surface area contributed by atoms with Crippen molar-refractivity contribution in [2.24, 2.45) is 11.5 Å². The molecule has 1 heterocycles. The van der Waals surface area contributed by atoms with Crippen molar-refractivity contribution in [3.05, 3.63) is 0 Å². The fraction of sp³-hybridized carbons (Fsp3) is 0.900. The van der Waals surface area contributed by atoms with Gasteiger partial charge in [-0.1, -0.05) is 6.42 Å². The van der Waals surface area contributed by atoms with E-state index in [0.717, 1.165) is 19.6 Å². The van der Waals surface area contributed by atoms with Gasteiger partial charge in [-0.2, -0.15) is 0 Å². The highest BCUT2D eigenvalue weighted by Crippen LogP contribution is 2.12. The third-order valence-corrected chi connectivity index (χ3v) is 2.96.